The van der Waals surface area contributed by atoms with Crippen molar-refractivity contribution in [3.05, 3.63) is 180 Å². The predicted octanol–water partition coefficient (Wildman–Crippen LogP) is 9.99. The lowest BCUT2D eigenvalue weighted by molar-refractivity contribution is -0.117. The van der Waals surface area contributed by atoms with E-state index < -0.39 is 17.1 Å². The number of hydrogen-bond acceptors (Lipinski definition) is 6. The lowest BCUT2D eigenvalue weighted by Gasteiger charge is -2.32. The summed E-state index contributed by atoms with van der Waals surface area (Å²) in [5.74, 6) is -0.225. The van der Waals surface area contributed by atoms with Crippen LogP contribution < -0.4 is 20.3 Å². The number of para-hydroxylation sites is 2. The van der Waals surface area contributed by atoms with Gasteiger partial charge < -0.3 is 15.4 Å². The second-order valence-corrected chi connectivity index (χ2v) is 14.7. The third-order valence-corrected chi connectivity index (χ3v) is 10.6. The van der Waals surface area contributed by atoms with Crippen LogP contribution in [0.15, 0.2) is 178 Å². The van der Waals surface area contributed by atoms with Gasteiger partial charge >= 0.3 is 0 Å². The van der Waals surface area contributed by atoms with Gasteiger partial charge in [0.2, 0.25) is 5.91 Å². The van der Waals surface area contributed by atoms with E-state index in [2.05, 4.69) is 10.6 Å². The van der Waals surface area contributed by atoms with Crippen LogP contribution >= 0.6 is 23.5 Å². The molecule has 6 aromatic carbocycles. The van der Waals surface area contributed by atoms with Crippen molar-refractivity contribution < 1.29 is 19.1 Å². The minimum Gasteiger partial charge on any atom is -0.489 e. The number of carbonyl (C=O) groups is 3. The molecular formula is C44H35N3O4S2. The second kappa shape index (κ2) is 16.5. The molecule has 0 radical (unpaired) electrons. The van der Waals surface area contributed by atoms with Crippen molar-refractivity contribution in [3.63, 3.8) is 0 Å². The molecule has 1 atom stereocenters. The highest BCUT2D eigenvalue weighted by atomic mass is 32.2. The molecule has 7 rings (SSSR count). The van der Waals surface area contributed by atoms with Gasteiger partial charge in [-0.05, 0) is 96.9 Å². The Morgan fingerprint density at radius 1 is 0.717 bits per heavy atom. The van der Waals surface area contributed by atoms with Crippen LogP contribution in [0.25, 0.3) is 6.08 Å². The molecule has 0 bridgehead atoms. The van der Waals surface area contributed by atoms with E-state index in [4.69, 9.17) is 4.74 Å². The summed E-state index contributed by atoms with van der Waals surface area (Å²) in [6, 6.07) is 49.2. The Kier molecular flexibility index (Phi) is 11.0. The molecule has 0 spiro atoms. The first-order valence-electron chi connectivity index (χ1n) is 17.0. The van der Waals surface area contributed by atoms with E-state index in [0.717, 1.165) is 31.6 Å². The number of amides is 3. The average molecular weight is 734 g/mol. The Morgan fingerprint density at radius 3 is 1.94 bits per heavy atom. The van der Waals surface area contributed by atoms with Crippen LogP contribution in [0.5, 0.6) is 5.75 Å². The van der Waals surface area contributed by atoms with Gasteiger partial charge in [-0.25, -0.2) is 0 Å². The highest BCUT2D eigenvalue weighted by molar-refractivity contribution is 8.00. The summed E-state index contributed by atoms with van der Waals surface area (Å²) in [4.78, 5) is 45.5. The number of benzene rings is 6. The zero-order chi connectivity index (χ0) is 36.6. The quantitative estimate of drug-likeness (QED) is 0.102. The van der Waals surface area contributed by atoms with Crippen LogP contribution in [-0.4, -0.2) is 23.0 Å². The minimum atomic E-state index is -0.483. The standard InChI is InChI=1S/C44H35N3O4S2/c1-30(44(50)47-38-16-8-10-18-40(38)53-41-19-11-9-17-39(41)47)52-36-26-22-34(23-27-36)45-43(49)37(46-42(48)33-14-6-3-7-15-33)28-31-20-24-35(25-21-31)51-29-32-12-4-2-5-13-32/h2-28,30H,29H2,1H3,(H,45,49)(H,46,48)/b37-28-. The number of rotatable bonds is 11. The van der Waals surface area contributed by atoms with Gasteiger partial charge in [-0.1, -0.05) is 96.7 Å². The fourth-order valence-corrected chi connectivity index (χ4v) is 7.67. The van der Waals surface area contributed by atoms with Gasteiger partial charge in [-0.15, -0.1) is 11.8 Å². The first-order valence-corrected chi connectivity index (χ1v) is 18.7. The summed E-state index contributed by atoms with van der Waals surface area (Å²) < 4.78 is 5.91. The fourth-order valence-electron chi connectivity index (χ4n) is 5.70. The molecular weight excluding hydrogens is 699 g/mol. The van der Waals surface area contributed by atoms with Gasteiger partial charge in [0, 0.05) is 25.9 Å². The number of nitrogens with one attached hydrogen (secondary N) is 2. The molecule has 1 unspecified atom stereocenters. The van der Waals surface area contributed by atoms with E-state index >= 15 is 0 Å². The normalized spacial score (nSPS) is 12.5. The second-order valence-electron chi connectivity index (χ2n) is 12.2. The molecule has 0 saturated heterocycles. The molecule has 0 aromatic heterocycles. The summed E-state index contributed by atoms with van der Waals surface area (Å²) in [5.41, 5.74) is 4.57. The summed E-state index contributed by atoms with van der Waals surface area (Å²) in [7, 11) is 0. The average Bonchev–Trinajstić information content (AvgIpc) is 3.20. The van der Waals surface area contributed by atoms with Crippen LogP contribution in [0.2, 0.25) is 0 Å². The van der Waals surface area contributed by atoms with Gasteiger partial charge in [-0.2, -0.15) is 0 Å². The molecule has 262 valence electrons. The first kappa shape index (κ1) is 35.4. The third-order valence-electron chi connectivity index (χ3n) is 8.39. The van der Waals surface area contributed by atoms with E-state index in [-0.39, 0.29) is 11.6 Å². The number of nitrogens with zero attached hydrogens (tertiary/aromatic N) is 1. The maximum Gasteiger partial charge on any atom is 0.272 e. The molecule has 2 N–H and O–H groups in total. The molecule has 0 fully saturated rings. The highest BCUT2D eigenvalue weighted by Gasteiger charge is 2.31. The van der Waals surface area contributed by atoms with E-state index in [0.29, 0.717) is 29.2 Å². The van der Waals surface area contributed by atoms with Crippen LogP contribution in [-0.2, 0) is 16.2 Å². The van der Waals surface area contributed by atoms with Crippen molar-refractivity contribution in [2.24, 2.45) is 0 Å². The molecule has 1 heterocycles. The Balaban J connectivity index is 1.04. The zero-order valence-corrected chi connectivity index (χ0v) is 30.4. The van der Waals surface area contributed by atoms with Crippen molar-refractivity contribution in [2.75, 3.05) is 10.2 Å². The number of anilines is 3. The molecule has 53 heavy (non-hydrogen) atoms. The van der Waals surface area contributed by atoms with Crippen molar-refractivity contribution >= 4 is 64.4 Å². The Bertz CT molecular complexity index is 2220. The Labute approximate surface area is 317 Å². The Hall–Kier alpha value is -6.03. The number of hydrogen-bond donors (Lipinski definition) is 2. The van der Waals surface area contributed by atoms with Crippen molar-refractivity contribution in [3.8, 4) is 5.75 Å². The predicted molar refractivity (Wildman–Crippen MR) is 214 cm³/mol. The zero-order valence-electron chi connectivity index (χ0n) is 28.8. The van der Waals surface area contributed by atoms with Crippen molar-refractivity contribution in [1.82, 2.24) is 5.32 Å². The fraction of sp³-hybridized carbons (Fsp3) is 0.0682. The van der Waals surface area contributed by atoms with Gasteiger partial charge in [0.1, 0.15) is 18.1 Å². The molecule has 7 nitrogen and oxygen atoms in total. The SMILES string of the molecule is CC(Sc1ccc(NC(=O)/C(=C/c2ccc(OCc3ccccc3)cc2)NC(=O)c2ccccc2)cc1)C(=O)N1c2ccccc2Sc2ccccc21. The molecule has 6 aromatic rings. The smallest absolute Gasteiger partial charge is 0.272 e. The number of fused-ring (bicyclic) bond motifs is 2. The molecule has 0 saturated carbocycles. The summed E-state index contributed by atoms with van der Waals surface area (Å²) in [5, 5.41) is 5.31. The van der Waals surface area contributed by atoms with Gasteiger partial charge in [0.05, 0.1) is 16.6 Å². The van der Waals surface area contributed by atoms with Crippen molar-refractivity contribution in [1.29, 1.82) is 0 Å². The van der Waals surface area contributed by atoms with Crippen LogP contribution in [0.1, 0.15) is 28.4 Å². The lowest BCUT2D eigenvalue weighted by atomic mass is 10.1. The van der Waals surface area contributed by atoms with E-state index in [1.165, 1.54) is 11.8 Å². The van der Waals surface area contributed by atoms with E-state index in [9.17, 15) is 14.4 Å². The summed E-state index contributed by atoms with van der Waals surface area (Å²) in [6.45, 7) is 2.34. The largest absolute Gasteiger partial charge is 0.489 e. The molecule has 1 aliphatic heterocycles. The lowest BCUT2D eigenvalue weighted by Crippen LogP contribution is -2.34. The minimum absolute atomic E-state index is 0.0210. The van der Waals surface area contributed by atoms with Crippen molar-refractivity contribution in [2.45, 2.75) is 33.5 Å². The summed E-state index contributed by atoms with van der Waals surface area (Å²) in [6.07, 6.45) is 1.63. The molecule has 1 aliphatic rings. The molecule has 0 aliphatic carbocycles. The van der Waals surface area contributed by atoms with Crippen LogP contribution in [0.4, 0.5) is 17.1 Å². The van der Waals surface area contributed by atoms with Crippen LogP contribution in [0.3, 0.4) is 0 Å². The molecule has 3 amide bonds. The number of carbonyl (C=O) groups excluding carboxylic acids is 3. The summed E-state index contributed by atoms with van der Waals surface area (Å²) >= 11 is 3.11. The monoisotopic (exact) mass is 733 g/mol. The topological polar surface area (TPSA) is 87.7 Å². The number of thioether (sulfide) groups is 1. The Morgan fingerprint density at radius 2 is 1.30 bits per heavy atom. The van der Waals surface area contributed by atoms with Crippen LogP contribution in [0, 0.1) is 0 Å². The maximum atomic E-state index is 14.0. The van der Waals surface area contributed by atoms with E-state index in [1.807, 2.05) is 133 Å². The number of ether oxygens (including phenoxy) is 1. The van der Waals surface area contributed by atoms with E-state index in [1.54, 1.807) is 54.2 Å². The maximum absolute atomic E-state index is 14.0. The highest BCUT2D eigenvalue weighted by Crippen LogP contribution is 2.48. The first-order chi connectivity index (χ1) is 25.9. The van der Waals surface area contributed by atoms with Gasteiger partial charge in [-0.3, -0.25) is 19.3 Å². The molecule has 9 heteroatoms. The third kappa shape index (κ3) is 8.72. The van der Waals surface area contributed by atoms with Gasteiger partial charge in [0.15, 0.2) is 0 Å². The van der Waals surface area contributed by atoms with Gasteiger partial charge in [0.25, 0.3) is 11.8 Å².